The van der Waals surface area contributed by atoms with Gasteiger partial charge in [0.2, 0.25) is 0 Å². The molecule has 13 nitrogen and oxygen atoms in total. The van der Waals surface area contributed by atoms with Crippen LogP contribution < -0.4 is 0 Å². The molecule has 5 N–H and O–H groups in total. The van der Waals surface area contributed by atoms with E-state index in [4.69, 9.17) is 28.4 Å². The third-order valence-electron chi connectivity index (χ3n) is 15.8. The fraction of sp³-hybridized carbons (Fsp3) is 0.727. The lowest BCUT2D eigenvalue weighted by Gasteiger charge is -2.74. The second kappa shape index (κ2) is 13.1. The smallest absolute Gasteiger partial charge is 0.331 e. The third kappa shape index (κ3) is 5.26. The Balaban J connectivity index is 1.22. The minimum atomic E-state index is -2.21. The van der Waals surface area contributed by atoms with Crippen molar-refractivity contribution in [2.45, 2.75) is 144 Å². The van der Waals surface area contributed by atoms with Crippen molar-refractivity contribution in [3.8, 4) is 0 Å². The summed E-state index contributed by atoms with van der Waals surface area (Å²) in [5.41, 5.74) is -8.82. The van der Waals surface area contributed by atoms with Crippen molar-refractivity contribution in [1.29, 1.82) is 0 Å². The number of aliphatic hydroxyl groups excluding tert-OH is 2. The molecule has 9 aliphatic rings. The van der Waals surface area contributed by atoms with Crippen molar-refractivity contribution in [2.75, 3.05) is 6.61 Å². The molecule has 312 valence electrons. The Bertz CT molecular complexity index is 1830. The lowest BCUT2D eigenvalue weighted by molar-refractivity contribution is -0.595. The number of esters is 2. The molecule has 1 spiro atoms. The van der Waals surface area contributed by atoms with Crippen LogP contribution in [0.2, 0.25) is 0 Å². The van der Waals surface area contributed by atoms with Gasteiger partial charge in [0.05, 0.1) is 17.8 Å². The van der Waals surface area contributed by atoms with Crippen molar-refractivity contribution in [3.63, 3.8) is 0 Å². The SMILES string of the molecule is CC(C)CC(=O)O[C@@H]1/C=C\C=C\C(=O)O[C@H]2[C@@H](C)C[C@@H]3[C@]2(O)[C@H](O)[C@@]2(CO)O[C@H]2[C@H]2[C@H]4O[C@]5(c6ccccc6)O[C@@H]([C@@H](C)[C@@]23O5)[C@@]4(O)[C@](C)(O)C[C@H]2CC[C@H]1[C@H]2C. The van der Waals surface area contributed by atoms with Crippen LogP contribution in [0.4, 0.5) is 0 Å². The second-order valence-corrected chi connectivity index (χ2v) is 19.3. The summed E-state index contributed by atoms with van der Waals surface area (Å²) in [6.07, 6.45) is 1.15. The Labute approximate surface area is 333 Å². The number of rotatable bonds is 5. The Morgan fingerprint density at radius 3 is 2.39 bits per heavy atom. The maximum Gasteiger partial charge on any atom is 0.331 e. The molecule has 1 aromatic rings. The molecule has 1 aromatic carbocycles. The average molecular weight is 795 g/mol. The molecular formula is C44H58O13. The molecule has 0 radical (unpaired) electrons. The van der Waals surface area contributed by atoms with E-state index in [1.165, 1.54) is 12.2 Å². The summed E-state index contributed by atoms with van der Waals surface area (Å²) in [5, 5.41) is 63.3. The maximum atomic E-state index is 13.7. The van der Waals surface area contributed by atoms with Crippen molar-refractivity contribution in [2.24, 2.45) is 47.3 Å². The van der Waals surface area contributed by atoms with Gasteiger partial charge in [0, 0.05) is 41.7 Å². The summed E-state index contributed by atoms with van der Waals surface area (Å²) in [6.45, 7) is 10.6. The highest BCUT2D eigenvalue weighted by molar-refractivity contribution is 5.82. The van der Waals surface area contributed by atoms with Gasteiger partial charge in [0.25, 0.3) is 0 Å². The number of aliphatic hydroxyl groups is 5. The Hall–Kier alpha value is -2.72. The Morgan fingerprint density at radius 1 is 0.965 bits per heavy atom. The van der Waals surface area contributed by atoms with Crippen LogP contribution in [0.25, 0.3) is 0 Å². The van der Waals surface area contributed by atoms with Crippen LogP contribution in [0.3, 0.4) is 0 Å². The van der Waals surface area contributed by atoms with E-state index in [0.717, 1.165) is 0 Å². The molecule has 5 heterocycles. The van der Waals surface area contributed by atoms with E-state index in [9.17, 15) is 35.1 Å². The van der Waals surface area contributed by atoms with Gasteiger partial charge in [0.15, 0.2) is 0 Å². The molecule has 13 heteroatoms. The zero-order valence-electron chi connectivity index (χ0n) is 33.5. The molecule has 19 atom stereocenters. The normalized spacial score (nSPS) is 54.4. The number of carbonyl (C=O) groups excluding carboxylic acids is 2. The standard InChI is InChI=1S/C44H58O13/c1-22(2)18-32(47)52-29-14-10-11-15-31(46)53-34-23(3)19-30-41(34,50)38(48)40(21-45)36(54-40)33-37-43(51,39(6,49)20-26-16-17-28(29)24(26)4)35-25(5)42(30,33)57-44(55-35,56-37)27-12-8-7-9-13-27/h7-15,22-26,28-30,33-38,45,48-51H,16-21H2,1-6H3/b14-10-,15-11+/t23-,24-,25+,26+,28-,29+,30+,33-,34-,35-,36-,37+,38+,39+,40-,41+,42-,43-,44-/m0/s1. The van der Waals surface area contributed by atoms with Gasteiger partial charge in [-0.3, -0.25) is 4.79 Å². The Morgan fingerprint density at radius 2 is 1.68 bits per heavy atom. The summed E-state index contributed by atoms with van der Waals surface area (Å²) in [4.78, 5) is 26.7. The van der Waals surface area contributed by atoms with E-state index in [1.807, 2.05) is 45.9 Å². The summed E-state index contributed by atoms with van der Waals surface area (Å²) >= 11 is 0. The van der Waals surface area contributed by atoms with Gasteiger partial charge in [-0.25, -0.2) is 4.79 Å². The third-order valence-corrected chi connectivity index (χ3v) is 15.8. The van der Waals surface area contributed by atoms with Crippen molar-refractivity contribution < 1.29 is 63.5 Å². The van der Waals surface area contributed by atoms with E-state index in [-0.39, 0.29) is 48.9 Å². The molecular weight excluding hydrogens is 736 g/mol. The van der Waals surface area contributed by atoms with Crippen molar-refractivity contribution >= 4 is 11.9 Å². The fourth-order valence-corrected chi connectivity index (χ4v) is 13.0. The number of benzene rings is 1. The topological polar surface area (TPSA) is 194 Å². The quantitative estimate of drug-likeness (QED) is 0.216. The van der Waals surface area contributed by atoms with Crippen LogP contribution in [0, 0.1) is 47.3 Å². The van der Waals surface area contributed by atoms with Crippen LogP contribution in [-0.2, 0) is 44.0 Å². The molecule has 0 unspecified atom stereocenters. The molecule has 4 saturated heterocycles. The van der Waals surface area contributed by atoms with Crippen LogP contribution >= 0.6 is 0 Å². The van der Waals surface area contributed by atoms with Gasteiger partial charge in [-0.2, -0.15) is 0 Å². The predicted molar refractivity (Wildman–Crippen MR) is 200 cm³/mol. The van der Waals surface area contributed by atoms with Crippen LogP contribution in [0.5, 0.6) is 0 Å². The molecule has 0 amide bonds. The van der Waals surface area contributed by atoms with Gasteiger partial charge >= 0.3 is 17.9 Å². The summed E-state index contributed by atoms with van der Waals surface area (Å²) in [6, 6.07) is 9.04. The number of hydrogen-bond acceptors (Lipinski definition) is 13. The Kier molecular flexibility index (Phi) is 9.16. The first kappa shape index (κ1) is 39.7. The van der Waals surface area contributed by atoms with Crippen LogP contribution in [0.1, 0.15) is 79.2 Å². The summed E-state index contributed by atoms with van der Waals surface area (Å²) in [5.74, 6) is -6.33. The largest absolute Gasteiger partial charge is 0.458 e. The van der Waals surface area contributed by atoms with Gasteiger partial charge in [0.1, 0.15) is 53.4 Å². The first-order valence-corrected chi connectivity index (χ1v) is 20.9. The van der Waals surface area contributed by atoms with E-state index < -0.39 is 107 Å². The first-order chi connectivity index (χ1) is 26.9. The van der Waals surface area contributed by atoms with E-state index in [0.29, 0.717) is 18.4 Å². The number of epoxide rings is 1. The number of allylic oxidation sites excluding steroid dienone is 2. The van der Waals surface area contributed by atoms with E-state index in [2.05, 4.69) is 6.92 Å². The number of carbonyl (C=O) groups is 2. The van der Waals surface area contributed by atoms with Crippen molar-refractivity contribution in [3.05, 3.63) is 60.2 Å². The highest BCUT2D eigenvalue weighted by Gasteiger charge is 2.91. The molecule has 4 aliphatic carbocycles. The van der Waals surface area contributed by atoms with Gasteiger partial charge in [-0.1, -0.05) is 77.1 Å². The minimum absolute atomic E-state index is 0.0620. The molecule has 10 bridgehead atoms. The maximum absolute atomic E-state index is 13.7. The van der Waals surface area contributed by atoms with Crippen LogP contribution in [-0.4, -0.2) is 109 Å². The second-order valence-electron chi connectivity index (χ2n) is 19.3. The van der Waals surface area contributed by atoms with Crippen LogP contribution in [0.15, 0.2) is 54.6 Å². The monoisotopic (exact) mass is 794 g/mol. The van der Waals surface area contributed by atoms with Crippen molar-refractivity contribution in [1.82, 2.24) is 0 Å². The number of fused-ring (bicyclic) bond motifs is 3. The molecule has 10 rings (SSSR count). The zero-order valence-corrected chi connectivity index (χ0v) is 33.5. The predicted octanol–water partition coefficient (Wildman–Crippen LogP) is 3.04. The van der Waals surface area contributed by atoms with Gasteiger partial charge in [-0.15, -0.1) is 0 Å². The minimum Gasteiger partial charge on any atom is -0.458 e. The van der Waals surface area contributed by atoms with E-state index in [1.54, 1.807) is 31.2 Å². The lowest BCUT2D eigenvalue weighted by Crippen LogP contribution is -2.89. The highest BCUT2D eigenvalue weighted by Crippen LogP contribution is 2.75. The molecule has 57 heavy (non-hydrogen) atoms. The molecule has 5 aliphatic heterocycles. The molecule has 4 saturated carbocycles. The van der Waals surface area contributed by atoms with E-state index >= 15 is 0 Å². The number of hydrogen-bond donors (Lipinski definition) is 5. The zero-order chi connectivity index (χ0) is 40.7. The highest BCUT2D eigenvalue weighted by atomic mass is 16.9. The number of ether oxygens (including phenoxy) is 6. The molecule has 0 aromatic heterocycles. The summed E-state index contributed by atoms with van der Waals surface area (Å²) in [7, 11) is 0. The fourth-order valence-electron chi connectivity index (χ4n) is 13.0. The van der Waals surface area contributed by atoms with Gasteiger partial charge < -0.3 is 54.0 Å². The first-order valence-electron chi connectivity index (χ1n) is 20.9. The van der Waals surface area contributed by atoms with Gasteiger partial charge in [-0.05, 0) is 62.4 Å². The average Bonchev–Trinajstić information content (AvgIpc) is 3.72. The lowest BCUT2D eigenvalue weighted by atomic mass is 9.49. The molecule has 8 fully saturated rings. The summed E-state index contributed by atoms with van der Waals surface area (Å²) < 4.78 is 39.5.